The van der Waals surface area contributed by atoms with Gasteiger partial charge in [-0.2, -0.15) is 0 Å². The van der Waals surface area contributed by atoms with Crippen LogP contribution in [0.25, 0.3) is 11.1 Å². The van der Waals surface area contributed by atoms with Crippen LogP contribution >= 0.6 is 11.3 Å². The van der Waals surface area contributed by atoms with Crippen LogP contribution in [0.2, 0.25) is 0 Å². The first-order valence-electron chi connectivity index (χ1n) is 10.1. The van der Waals surface area contributed by atoms with Gasteiger partial charge in [0.15, 0.2) is 5.58 Å². The highest BCUT2D eigenvalue weighted by atomic mass is 32.1. The van der Waals surface area contributed by atoms with Crippen LogP contribution in [-0.4, -0.2) is 37.4 Å². The van der Waals surface area contributed by atoms with E-state index in [1.165, 1.54) is 16.7 Å². The molecule has 0 bridgehead atoms. The van der Waals surface area contributed by atoms with E-state index in [1.54, 1.807) is 38.2 Å². The Hall–Kier alpha value is -4.32. The van der Waals surface area contributed by atoms with Gasteiger partial charge in [-0.25, -0.2) is 19.6 Å². The van der Waals surface area contributed by atoms with Gasteiger partial charge in [-0.05, 0) is 36.8 Å². The molecule has 4 rings (SSSR count). The molecule has 0 aliphatic heterocycles. The molecule has 4 aromatic rings. The number of carbonyl (C=O) groups excluding carboxylic acids is 2. The van der Waals surface area contributed by atoms with Crippen molar-refractivity contribution < 1.29 is 23.9 Å². The molecular weight excluding hydrogens is 462 g/mol. The Bertz CT molecular complexity index is 1470. The molecule has 0 aliphatic rings. The number of oxazole rings is 1. The summed E-state index contributed by atoms with van der Waals surface area (Å²) >= 11 is 1.07. The van der Waals surface area contributed by atoms with E-state index in [4.69, 9.17) is 9.52 Å². The minimum absolute atomic E-state index is 0.00293. The van der Waals surface area contributed by atoms with Gasteiger partial charge < -0.3 is 20.2 Å². The zero-order chi connectivity index (χ0) is 24.4. The van der Waals surface area contributed by atoms with Crippen molar-refractivity contribution in [1.29, 1.82) is 0 Å². The van der Waals surface area contributed by atoms with Crippen molar-refractivity contribution in [1.82, 2.24) is 25.2 Å². The van der Waals surface area contributed by atoms with Crippen LogP contribution in [0.1, 0.15) is 54.1 Å². The van der Waals surface area contributed by atoms with E-state index in [-0.39, 0.29) is 22.8 Å². The summed E-state index contributed by atoms with van der Waals surface area (Å²) in [5.74, 6) is -2.54. The Kier molecular flexibility index (Phi) is 6.23. The molecular formula is C22H19N5O6S. The normalized spacial score (nSPS) is 11.8. The molecule has 3 heterocycles. The lowest BCUT2D eigenvalue weighted by atomic mass is 10.2. The van der Waals surface area contributed by atoms with Crippen molar-refractivity contribution in [3.05, 3.63) is 80.0 Å². The van der Waals surface area contributed by atoms with E-state index < -0.39 is 29.6 Å². The van der Waals surface area contributed by atoms with Crippen molar-refractivity contribution in [2.45, 2.75) is 19.5 Å². The van der Waals surface area contributed by atoms with Crippen LogP contribution in [0, 0.1) is 0 Å². The molecule has 12 heteroatoms. The summed E-state index contributed by atoms with van der Waals surface area (Å²) in [6, 6.07) is 9.05. The molecule has 1 aromatic carbocycles. The third kappa shape index (κ3) is 4.71. The monoisotopic (exact) mass is 481 g/mol. The highest BCUT2D eigenvalue weighted by molar-refractivity contribution is 7.14. The van der Waals surface area contributed by atoms with Gasteiger partial charge >= 0.3 is 11.7 Å². The van der Waals surface area contributed by atoms with Gasteiger partial charge in [0.2, 0.25) is 0 Å². The maximum atomic E-state index is 12.6. The molecule has 0 aliphatic carbocycles. The lowest BCUT2D eigenvalue weighted by Crippen LogP contribution is -2.28. The molecule has 0 radical (unpaired) electrons. The SMILES string of the molecule is C[C@H](NC(=O)c1cc(C(=O)NCc2ccc3oc(=O)n(C)c3c2)ncn1)c1ccc(C(=O)O)s1. The zero-order valence-corrected chi connectivity index (χ0v) is 18.9. The van der Waals surface area contributed by atoms with Crippen LogP contribution in [-0.2, 0) is 13.6 Å². The quantitative estimate of drug-likeness (QED) is 0.362. The van der Waals surface area contributed by atoms with E-state index in [1.807, 2.05) is 0 Å². The molecule has 0 fully saturated rings. The fraction of sp³-hybridized carbons (Fsp3) is 0.182. The Balaban J connectivity index is 1.41. The van der Waals surface area contributed by atoms with Crippen molar-refractivity contribution in [3.8, 4) is 0 Å². The number of nitrogens with one attached hydrogen (secondary N) is 2. The lowest BCUT2D eigenvalue weighted by molar-refractivity contribution is 0.0701. The lowest BCUT2D eigenvalue weighted by Gasteiger charge is -2.12. The van der Waals surface area contributed by atoms with E-state index in [0.29, 0.717) is 16.0 Å². The third-order valence-electron chi connectivity index (χ3n) is 5.05. The van der Waals surface area contributed by atoms with Crippen molar-refractivity contribution >= 4 is 40.2 Å². The Morgan fingerprint density at radius 1 is 1.12 bits per heavy atom. The maximum absolute atomic E-state index is 12.6. The number of carboxylic acid groups (broad SMARTS) is 1. The predicted octanol–water partition coefficient (Wildman–Crippen LogP) is 2.10. The number of hydrogen-bond acceptors (Lipinski definition) is 8. The number of aryl methyl sites for hydroxylation is 1. The summed E-state index contributed by atoms with van der Waals surface area (Å²) in [5.41, 5.74) is 1.80. The van der Waals surface area contributed by atoms with Gasteiger partial charge in [0, 0.05) is 24.5 Å². The van der Waals surface area contributed by atoms with Gasteiger partial charge in [0.25, 0.3) is 11.8 Å². The average molecular weight is 481 g/mol. The molecule has 3 N–H and O–H groups in total. The number of carboxylic acids is 1. The first-order chi connectivity index (χ1) is 16.2. The summed E-state index contributed by atoms with van der Waals surface area (Å²) < 4.78 is 6.46. The van der Waals surface area contributed by atoms with Gasteiger partial charge in [0.05, 0.1) is 11.6 Å². The fourth-order valence-corrected chi connectivity index (χ4v) is 4.05. The van der Waals surface area contributed by atoms with Crippen LogP contribution in [0.4, 0.5) is 0 Å². The fourth-order valence-electron chi connectivity index (χ4n) is 3.20. The zero-order valence-electron chi connectivity index (χ0n) is 18.1. The molecule has 0 saturated carbocycles. The molecule has 1 atom stereocenters. The van der Waals surface area contributed by atoms with Gasteiger partial charge in [0.1, 0.15) is 22.6 Å². The standard InChI is InChI=1S/C22H19N5O6S/c1-11(17-5-6-18(34-17)21(30)31)26-20(29)14-8-13(24-10-25-14)19(28)23-9-12-3-4-16-15(7-12)27(2)22(32)33-16/h3-8,10-11H,9H2,1-2H3,(H,23,28)(H,26,29)(H,30,31)/t11-/m0/s1. The van der Waals surface area contributed by atoms with Crippen LogP contribution in [0.5, 0.6) is 0 Å². The van der Waals surface area contributed by atoms with Crippen molar-refractivity contribution in [2.24, 2.45) is 7.05 Å². The number of rotatable bonds is 7. The number of amides is 2. The molecule has 0 saturated heterocycles. The number of aromatic carboxylic acids is 1. The molecule has 11 nitrogen and oxygen atoms in total. The molecule has 3 aromatic heterocycles. The summed E-state index contributed by atoms with van der Waals surface area (Å²) in [7, 11) is 1.59. The minimum Gasteiger partial charge on any atom is -0.477 e. The Morgan fingerprint density at radius 3 is 2.56 bits per heavy atom. The van der Waals surface area contributed by atoms with E-state index >= 15 is 0 Å². The summed E-state index contributed by atoms with van der Waals surface area (Å²) in [4.78, 5) is 56.6. The number of carbonyl (C=O) groups is 3. The molecule has 2 amide bonds. The van der Waals surface area contributed by atoms with Gasteiger partial charge in [-0.15, -0.1) is 11.3 Å². The van der Waals surface area contributed by atoms with Crippen LogP contribution < -0.4 is 16.4 Å². The molecule has 34 heavy (non-hydrogen) atoms. The van der Waals surface area contributed by atoms with Crippen LogP contribution in [0.3, 0.4) is 0 Å². The van der Waals surface area contributed by atoms with E-state index in [2.05, 4.69) is 20.6 Å². The second-order valence-corrected chi connectivity index (χ2v) is 8.52. The maximum Gasteiger partial charge on any atom is 0.419 e. The number of hydrogen-bond donors (Lipinski definition) is 3. The Morgan fingerprint density at radius 2 is 1.85 bits per heavy atom. The van der Waals surface area contributed by atoms with E-state index in [0.717, 1.165) is 23.2 Å². The third-order valence-corrected chi connectivity index (χ3v) is 6.31. The van der Waals surface area contributed by atoms with Crippen molar-refractivity contribution in [3.63, 3.8) is 0 Å². The van der Waals surface area contributed by atoms with E-state index in [9.17, 15) is 19.2 Å². The molecule has 174 valence electrons. The first kappa shape index (κ1) is 22.9. The highest BCUT2D eigenvalue weighted by Crippen LogP contribution is 2.23. The van der Waals surface area contributed by atoms with Crippen LogP contribution in [0.15, 0.2) is 51.9 Å². The minimum atomic E-state index is -1.03. The van der Waals surface area contributed by atoms with Gasteiger partial charge in [-0.3, -0.25) is 14.2 Å². The first-order valence-corrected chi connectivity index (χ1v) is 10.9. The molecule has 0 spiro atoms. The second kappa shape index (κ2) is 9.27. The van der Waals surface area contributed by atoms with Gasteiger partial charge in [-0.1, -0.05) is 6.07 Å². The number of thiophene rings is 1. The number of aromatic nitrogens is 3. The summed E-state index contributed by atoms with van der Waals surface area (Å²) in [6.45, 7) is 1.89. The van der Waals surface area contributed by atoms with Crippen molar-refractivity contribution in [2.75, 3.05) is 0 Å². The largest absolute Gasteiger partial charge is 0.477 e. The topological polar surface area (TPSA) is 156 Å². The average Bonchev–Trinajstić information content (AvgIpc) is 3.43. The highest BCUT2D eigenvalue weighted by Gasteiger charge is 2.18. The second-order valence-electron chi connectivity index (χ2n) is 7.40. The molecule has 0 unspecified atom stereocenters. The predicted molar refractivity (Wildman–Crippen MR) is 122 cm³/mol. The summed E-state index contributed by atoms with van der Waals surface area (Å²) in [5, 5.41) is 14.5. The number of fused-ring (bicyclic) bond motifs is 1. The smallest absolute Gasteiger partial charge is 0.419 e. The summed E-state index contributed by atoms with van der Waals surface area (Å²) in [6.07, 6.45) is 1.12. The number of benzene rings is 1. The Labute approximate surface area is 196 Å². The number of nitrogens with zero attached hydrogens (tertiary/aromatic N) is 3.